The normalized spacial score (nSPS) is 15.8. The van der Waals surface area contributed by atoms with E-state index < -0.39 is 0 Å². The molecule has 5 rings (SSSR count). The molecule has 1 saturated heterocycles. The zero-order valence-electron chi connectivity index (χ0n) is 19.0. The average Bonchev–Trinajstić information content (AvgIpc) is 3.45. The number of amides is 1. The first kappa shape index (κ1) is 21.2. The minimum atomic E-state index is 0.0524. The van der Waals surface area contributed by atoms with Crippen molar-refractivity contribution in [3.05, 3.63) is 108 Å². The van der Waals surface area contributed by atoms with E-state index in [4.69, 9.17) is 0 Å². The topological polar surface area (TPSA) is 38.1 Å². The quantitative estimate of drug-likeness (QED) is 0.363. The Morgan fingerprint density at radius 2 is 1.70 bits per heavy atom. The highest BCUT2D eigenvalue weighted by atomic mass is 16.2. The minimum absolute atomic E-state index is 0.0524. The standard InChI is InChI=1S/C29H29N3O/c1-22-11-13-23(14-12-22)20-31-21-30-19-26(31)16-15-25-17-18-32(29(25)33)28-10-6-5-9-27(28)24-7-3-2-4-8-24/h2-14,19,21,25H,15-18,20H2,1H3/t25-/m0/s1. The van der Waals surface area contributed by atoms with E-state index in [1.165, 1.54) is 16.8 Å². The molecule has 0 bridgehead atoms. The van der Waals surface area contributed by atoms with Crippen molar-refractivity contribution >= 4 is 11.6 Å². The van der Waals surface area contributed by atoms with E-state index in [9.17, 15) is 4.79 Å². The number of rotatable bonds is 7. The van der Waals surface area contributed by atoms with E-state index in [2.05, 4.69) is 65.0 Å². The lowest BCUT2D eigenvalue weighted by molar-refractivity contribution is -0.120. The molecule has 4 aromatic rings. The lowest BCUT2D eigenvalue weighted by atomic mass is 10.00. The van der Waals surface area contributed by atoms with Crippen molar-refractivity contribution in [1.82, 2.24) is 9.55 Å². The molecular weight excluding hydrogens is 406 g/mol. The molecule has 1 aromatic heterocycles. The molecule has 4 heteroatoms. The summed E-state index contributed by atoms with van der Waals surface area (Å²) in [6, 6.07) is 27.2. The van der Waals surface area contributed by atoms with Crippen molar-refractivity contribution in [2.45, 2.75) is 32.7 Å². The van der Waals surface area contributed by atoms with E-state index >= 15 is 0 Å². The summed E-state index contributed by atoms with van der Waals surface area (Å²) in [5, 5.41) is 0. The van der Waals surface area contributed by atoms with E-state index in [1.54, 1.807) is 0 Å². The first-order chi connectivity index (χ1) is 16.2. The highest BCUT2D eigenvalue weighted by Gasteiger charge is 2.33. The molecule has 0 N–H and O–H groups in total. The summed E-state index contributed by atoms with van der Waals surface area (Å²) in [7, 11) is 0. The fourth-order valence-corrected chi connectivity index (χ4v) is 4.73. The third kappa shape index (κ3) is 4.61. The third-order valence-electron chi connectivity index (χ3n) is 6.62. The lowest BCUT2D eigenvalue weighted by Gasteiger charge is -2.21. The van der Waals surface area contributed by atoms with E-state index in [0.29, 0.717) is 0 Å². The zero-order valence-corrected chi connectivity index (χ0v) is 19.0. The van der Waals surface area contributed by atoms with Gasteiger partial charge in [-0.05, 0) is 43.4 Å². The number of nitrogens with zero attached hydrogens (tertiary/aromatic N) is 3. The van der Waals surface area contributed by atoms with Crippen LogP contribution in [-0.4, -0.2) is 22.0 Å². The lowest BCUT2D eigenvalue weighted by Crippen LogP contribution is -2.27. The number of carbonyl (C=O) groups excluding carboxylic acids is 1. The van der Waals surface area contributed by atoms with Gasteiger partial charge in [0.2, 0.25) is 5.91 Å². The zero-order chi connectivity index (χ0) is 22.6. The second kappa shape index (κ2) is 9.45. The highest BCUT2D eigenvalue weighted by Crippen LogP contribution is 2.35. The predicted molar refractivity (Wildman–Crippen MR) is 133 cm³/mol. The van der Waals surface area contributed by atoms with E-state index in [1.807, 2.05) is 47.8 Å². The van der Waals surface area contributed by atoms with Crippen molar-refractivity contribution in [2.75, 3.05) is 11.4 Å². The van der Waals surface area contributed by atoms with Gasteiger partial charge in [0, 0.05) is 36.5 Å². The maximum Gasteiger partial charge on any atom is 0.230 e. The molecular formula is C29H29N3O. The van der Waals surface area contributed by atoms with Gasteiger partial charge in [-0.15, -0.1) is 0 Å². The molecule has 0 aliphatic carbocycles. The van der Waals surface area contributed by atoms with Gasteiger partial charge < -0.3 is 9.47 Å². The van der Waals surface area contributed by atoms with Crippen LogP contribution in [0.5, 0.6) is 0 Å². The van der Waals surface area contributed by atoms with Crippen molar-refractivity contribution < 1.29 is 4.79 Å². The molecule has 33 heavy (non-hydrogen) atoms. The fraction of sp³-hybridized carbons (Fsp3) is 0.241. The molecule has 1 amide bonds. The number of aromatic nitrogens is 2. The van der Waals surface area contributed by atoms with Crippen molar-refractivity contribution in [2.24, 2.45) is 5.92 Å². The van der Waals surface area contributed by atoms with Gasteiger partial charge in [-0.1, -0.05) is 78.4 Å². The number of benzene rings is 3. The Labute approximate surface area is 195 Å². The number of para-hydroxylation sites is 1. The summed E-state index contributed by atoms with van der Waals surface area (Å²) >= 11 is 0. The van der Waals surface area contributed by atoms with Crippen molar-refractivity contribution in [3.63, 3.8) is 0 Å². The number of hydrogen-bond donors (Lipinski definition) is 0. The first-order valence-corrected chi connectivity index (χ1v) is 11.7. The van der Waals surface area contributed by atoms with Gasteiger partial charge in [0.05, 0.1) is 12.0 Å². The number of anilines is 1. The number of carbonyl (C=O) groups is 1. The van der Waals surface area contributed by atoms with Crippen LogP contribution in [0.25, 0.3) is 11.1 Å². The Morgan fingerprint density at radius 3 is 2.52 bits per heavy atom. The van der Waals surface area contributed by atoms with Crippen LogP contribution < -0.4 is 4.90 Å². The largest absolute Gasteiger partial charge is 0.330 e. The fourth-order valence-electron chi connectivity index (χ4n) is 4.73. The molecule has 3 aromatic carbocycles. The number of aryl methyl sites for hydroxylation is 2. The predicted octanol–water partition coefficient (Wildman–Crippen LogP) is 5.89. The summed E-state index contributed by atoms with van der Waals surface area (Å²) in [5.41, 5.74) is 6.99. The average molecular weight is 436 g/mol. The van der Waals surface area contributed by atoms with Gasteiger partial charge in [-0.25, -0.2) is 4.98 Å². The van der Waals surface area contributed by atoms with Gasteiger partial charge >= 0.3 is 0 Å². The molecule has 1 fully saturated rings. The Morgan fingerprint density at radius 1 is 0.939 bits per heavy atom. The molecule has 0 unspecified atom stereocenters. The monoisotopic (exact) mass is 435 g/mol. The smallest absolute Gasteiger partial charge is 0.230 e. The summed E-state index contributed by atoms with van der Waals surface area (Å²) < 4.78 is 2.20. The second-order valence-corrected chi connectivity index (χ2v) is 8.90. The molecule has 0 spiro atoms. The van der Waals surface area contributed by atoms with Crippen LogP contribution in [0.3, 0.4) is 0 Å². The van der Waals surface area contributed by atoms with Gasteiger partial charge in [-0.3, -0.25) is 4.79 Å². The molecule has 166 valence electrons. The Hall–Kier alpha value is -3.66. The summed E-state index contributed by atoms with van der Waals surface area (Å²) in [4.78, 5) is 19.7. The van der Waals surface area contributed by atoms with Gasteiger partial charge in [0.1, 0.15) is 0 Å². The maximum atomic E-state index is 13.4. The van der Waals surface area contributed by atoms with Crippen LogP contribution in [0.2, 0.25) is 0 Å². The van der Waals surface area contributed by atoms with Crippen LogP contribution in [0.1, 0.15) is 29.7 Å². The molecule has 1 aliphatic rings. The molecule has 1 aliphatic heterocycles. The third-order valence-corrected chi connectivity index (χ3v) is 6.62. The van der Waals surface area contributed by atoms with Gasteiger partial charge in [-0.2, -0.15) is 0 Å². The Balaban J connectivity index is 1.27. The highest BCUT2D eigenvalue weighted by molar-refractivity contribution is 6.00. The number of imidazole rings is 1. The van der Waals surface area contributed by atoms with E-state index in [-0.39, 0.29) is 11.8 Å². The summed E-state index contributed by atoms with van der Waals surface area (Å²) in [5.74, 6) is 0.291. The van der Waals surface area contributed by atoms with Crippen LogP contribution in [-0.2, 0) is 17.8 Å². The maximum absolute atomic E-state index is 13.4. The molecule has 0 saturated carbocycles. The molecule has 2 heterocycles. The van der Waals surface area contributed by atoms with Crippen LogP contribution in [0.4, 0.5) is 5.69 Å². The molecule has 0 radical (unpaired) electrons. The van der Waals surface area contributed by atoms with Crippen LogP contribution >= 0.6 is 0 Å². The Bertz CT molecular complexity index is 1230. The molecule has 1 atom stereocenters. The first-order valence-electron chi connectivity index (χ1n) is 11.7. The van der Waals surface area contributed by atoms with Crippen molar-refractivity contribution in [1.29, 1.82) is 0 Å². The van der Waals surface area contributed by atoms with Crippen LogP contribution in [0.15, 0.2) is 91.4 Å². The second-order valence-electron chi connectivity index (χ2n) is 8.90. The SMILES string of the molecule is Cc1ccc(Cn2cncc2CC[C@H]2CCN(c3ccccc3-c3ccccc3)C2=O)cc1. The number of hydrogen-bond acceptors (Lipinski definition) is 2. The summed E-state index contributed by atoms with van der Waals surface area (Å²) in [6.07, 6.45) is 6.44. The van der Waals surface area contributed by atoms with Gasteiger partial charge in [0.15, 0.2) is 0 Å². The minimum Gasteiger partial charge on any atom is -0.330 e. The molecule has 4 nitrogen and oxygen atoms in total. The Kier molecular flexibility index (Phi) is 6.07. The van der Waals surface area contributed by atoms with Crippen molar-refractivity contribution in [3.8, 4) is 11.1 Å². The van der Waals surface area contributed by atoms with E-state index in [0.717, 1.165) is 49.2 Å². The van der Waals surface area contributed by atoms with Crippen LogP contribution in [0, 0.1) is 12.8 Å². The summed E-state index contributed by atoms with van der Waals surface area (Å²) in [6.45, 7) is 3.69. The van der Waals surface area contributed by atoms with Gasteiger partial charge in [0.25, 0.3) is 0 Å².